The monoisotopic (exact) mass is 258 g/mol. The molecule has 0 rings (SSSR count). The van der Waals surface area contributed by atoms with Crippen LogP contribution in [-0.2, 0) is 9.53 Å². The molecule has 0 aliphatic carbocycles. The van der Waals surface area contributed by atoms with Crippen molar-refractivity contribution in [1.29, 1.82) is 0 Å². The molecular formula is C13H26N2O3. The molecule has 1 N–H and O–H groups in total. The molecule has 1 unspecified atom stereocenters. The van der Waals surface area contributed by atoms with Gasteiger partial charge in [-0.3, -0.25) is 4.79 Å². The fourth-order valence-electron chi connectivity index (χ4n) is 1.05. The fraction of sp³-hybridized carbons (Fsp3) is 0.923. The third kappa shape index (κ3) is 10.2. The molecule has 0 heterocycles. The summed E-state index contributed by atoms with van der Waals surface area (Å²) >= 11 is 0. The highest BCUT2D eigenvalue weighted by atomic mass is 16.5. The van der Waals surface area contributed by atoms with Gasteiger partial charge < -0.3 is 9.84 Å². The molecule has 0 aliphatic rings. The maximum absolute atomic E-state index is 11.4. The van der Waals surface area contributed by atoms with Crippen LogP contribution in [0.1, 0.15) is 60.3 Å². The molecule has 0 spiro atoms. The van der Waals surface area contributed by atoms with Crippen LogP contribution in [0.2, 0.25) is 0 Å². The van der Waals surface area contributed by atoms with E-state index in [0.717, 1.165) is 12.8 Å². The molecule has 5 heteroatoms. The molecule has 0 amide bonds. The van der Waals surface area contributed by atoms with Gasteiger partial charge in [-0.1, -0.05) is 13.3 Å². The number of carbonyl (C=O) groups is 1. The molecule has 0 saturated carbocycles. The van der Waals surface area contributed by atoms with Crippen LogP contribution >= 0.6 is 0 Å². The predicted molar refractivity (Wildman–Crippen MR) is 70.3 cm³/mol. The first-order valence-electron chi connectivity index (χ1n) is 6.48. The molecule has 0 aromatic rings. The third-order valence-electron chi connectivity index (χ3n) is 2.13. The van der Waals surface area contributed by atoms with E-state index in [0.29, 0.717) is 6.61 Å². The standard InChI is InChI=1S/C13H26N2O3/c1-6-7-10-18-11(16)8-9-13(5,17)15-14-12(2,3)4/h17H,6-10H2,1-5H3/b15-14+. The largest absolute Gasteiger partial charge is 0.466 e. The maximum atomic E-state index is 11.4. The van der Waals surface area contributed by atoms with Gasteiger partial charge in [-0.05, 0) is 34.1 Å². The van der Waals surface area contributed by atoms with Crippen LogP contribution in [0.3, 0.4) is 0 Å². The van der Waals surface area contributed by atoms with Crippen LogP contribution in [0.25, 0.3) is 0 Å². The van der Waals surface area contributed by atoms with Crippen LogP contribution in [0.4, 0.5) is 0 Å². The van der Waals surface area contributed by atoms with E-state index in [1.165, 1.54) is 0 Å². The molecule has 0 saturated heterocycles. The van der Waals surface area contributed by atoms with Gasteiger partial charge in [0.1, 0.15) is 0 Å². The summed E-state index contributed by atoms with van der Waals surface area (Å²) in [5, 5.41) is 17.8. The van der Waals surface area contributed by atoms with Gasteiger partial charge >= 0.3 is 5.97 Å². The van der Waals surface area contributed by atoms with Gasteiger partial charge in [-0.2, -0.15) is 10.2 Å². The minimum atomic E-state index is -1.31. The molecular weight excluding hydrogens is 232 g/mol. The fourth-order valence-corrected chi connectivity index (χ4v) is 1.05. The summed E-state index contributed by atoms with van der Waals surface area (Å²) in [6.07, 6.45) is 2.23. The highest BCUT2D eigenvalue weighted by Gasteiger charge is 2.22. The Balaban J connectivity index is 4.03. The Kier molecular flexibility index (Phi) is 7.06. The van der Waals surface area contributed by atoms with Gasteiger partial charge in [-0.25, -0.2) is 0 Å². The normalized spacial score (nSPS) is 15.7. The summed E-state index contributed by atoms with van der Waals surface area (Å²) in [5.74, 6) is -0.297. The first kappa shape index (κ1) is 17.0. The molecule has 1 atom stereocenters. The number of aliphatic hydroxyl groups is 1. The minimum absolute atomic E-state index is 0.153. The summed E-state index contributed by atoms with van der Waals surface area (Å²) in [4.78, 5) is 11.4. The molecule has 106 valence electrons. The lowest BCUT2D eigenvalue weighted by Gasteiger charge is -2.19. The highest BCUT2D eigenvalue weighted by molar-refractivity contribution is 5.69. The van der Waals surface area contributed by atoms with E-state index in [1.54, 1.807) is 6.92 Å². The Morgan fingerprint density at radius 3 is 2.33 bits per heavy atom. The first-order chi connectivity index (χ1) is 8.16. The summed E-state index contributed by atoms with van der Waals surface area (Å²) in [5.41, 5.74) is -1.64. The molecule has 18 heavy (non-hydrogen) atoms. The molecule has 0 aromatic carbocycles. The number of hydrogen-bond acceptors (Lipinski definition) is 5. The predicted octanol–water partition coefficient (Wildman–Crippen LogP) is 3.07. The summed E-state index contributed by atoms with van der Waals surface area (Å²) in [7, 11) is 0. The van der Waals surface area contributed by atoms with Crippen LogP contribution in [0.15, 0.2) is 10.2 Å². The number of rotatable bonds is 7. The van der Waals surface area contributed by atoms with Crippen molar-refractivity contribution >= 4 is 5.97 Å². The van der Waals surface area contributed by atoms with Crippen LogP contribution in [0, 0.1) is 0 Å². The van der Waals surface area contributed by atoms with Gasteiger partial charge in [0.25, 0.3) is 0 Å². The number of ether oxygens (including phenoxy) is 1. The number of nitrogens with zero attached hydrogens (tertiary/aromatic N) is 2. The van der Waals surface area contributed by atoms with E-state index in [-0.39, 0.29) is 24.3 Å². The molecule has 0 aliphatic heterocycles. The summed E-state index contributed by atoms with van der Waals surface area (Å²) < 4.78 is 5.00. The quantitative estimate of drug-likeness (QED) is 0.433. The third-order valence-corrected chi connectivity index (χ3v) is 2.13. The summed E-state index contributed by atoms with van der Waals surface area (Å²) in [6.45, 7) is 9.71. The zero-order valence-corrected chi connectivity index (χ0v) is 12.2. The number of esters is 1. The van der Waals surface area contributed by atoms with Crippen molar-refractivity contribution in [2.45, 2.75) is 71.6 Å². The van der Waals surface area contributed by atoms with Crippen molar-refractivity contribution < 1.29 is 14.6 Å². The van der Waals surface area contributed by atoms with Crippen molar-refractivity contribution in [2.24, 2.45) is 10.2 Å². The second-order valence-corrected chi connectivity index (χ2v) is 5.66. The topological polar surface area (TPSA) is 71.2 Å². The Labute approximate surface area is 110 Å². The Morgan fingerprint density at radius 2 is 1.83 bits per heavy atom. The lowest BCUT2D eigenvalue weighted by atomic mass is 10.1. The number of carbonyl (C=O) groups excluding carboxylic acids is 1. The van der Waals surface area contributed by atoms with Gasteiger partial charge in [0.05, 0.1) is 18.6 Å². The van der Waals surface area contributed by atoms with Gasteiger partial charge in [0, 0.05) is 6.42 Å². The maximum Gasteiger partial charge on any atom is 0.305 e. The molecule has 0 fully saturated rings. The first-order valence-corrected chi connectivity index (χ1v) is 6.48. The number of unbranched alkanes of at least 4 members (excludes halogenated alkanes) is 1. The van der Waals surface area contributed by atoms with Crippen LogP contribution in [-0.4, -0.2) is 28.9 Å². The minimum Gasteiger partial charge on any atom is -0.466 e. The van der Waals surface area contributed by atoms with Gasteiger partial charge in [0.2, 0.25) is 0 Å². The number of azo groups is 1. The van der Waals surface area contributed by atoms with E-state index >= 15 is 0 Å². The lowest BCUT2D eigenvalue weighted by Crippen LogP contribution is -2.24. The van der Waals surface area contributed by atoms with E-state index < -0.39 is 5.72 Å². The van der Waals surface area contributed by atoms with E-state index in [2.05, 4.69) is 10.2 Å². The van der Waals surface area contributed by atoms with Crippen molar-refractivity contribution in [1.82, 2.24) is 0 Å². The molecule has 5 nitrogen and oxygen atoms in total. The zero-order valence-electron chi connectivity index (χ0n) is 12.2. The van der Waals surface area contributed by atoms with Crippen molar-refractivity contribution in [2.75, 3.05) is 6.61 Å². The molecule has 0 aromatic heterocycles. The van der Waals surface area contributed by atoms with E-state index in [4.69, 9.17) is 4.74 Å². The molecule has 0 radical (unpaired) electrons. The van der Waals surface area contributed by atoms with E-state index in [1.807, 2.05) is 27.7 Å². The Bertz CT molecular complexity index is 280. The van der Waals surface area contributed by atoms with Gasteiger partial charge in [-0.15, -0.1) is 0 Å². The zero-order chi connectivity index (χ0) is 14.2. The second kappa shape index (κ2) is 7.46. The van der Waals surface area contributed by atoms with Crippen molar-refractivity contribution in [3.8, 4) is 0 Å². The average Bonchev–Trinajstić information content (AvgIpc) is 2.24. The average molecular weight is 258 g/mol. The van der Waals surface area contributed by atoms with Gasteiger partial charge in [0.15, 0.2) is 5.72 Å². The van der Waals surface area contributed by atoms with Crippen molar-refractivity contribution in [3.63, 3.8) is 0 Å². The number of hydrogen-bond donors (Lipinski definition) is 1. The summed E-state index contributed by atoms with van der Waals surface area (Å²) in [6, 6.07) is 0. The van der Waals surface area contributed by atoms with Crippen LogP contribution < -0.4 is 0 Å². The Morgan fingerprint density at radius 1 is 1.22 bits per heavy atom. The van der Waals surface area contributed by atoms with E-state index in [9.17, 15) is 9.90 Å². The smallest absolute Gasteiger partial charge is 0.305 e. The lowest BCUT2D eigenvalue weighted by molar-refractivity contribution is -0.145. The van der Waals surface area contributed by atoms with Crippen LogP contribution in [0.5, 0.6) is 0 Å². The van der Waals surface area contributed by atoms with Crippen molar-refractivity contribution in [3.05, 3.63) is 0 Å². The Hall–Kier alpha value is -0.970. The highest BCUT2D eigenvalue weighted by Crippen LogP contribution is 2.18. The second-order valence-electron chi connectivity index (χ2n) is 5.66. The SMILES string of the molecule is CCCCOC(=O)CCC(C)(O)/N=N/C(C)(C)C. The molecule has 0 bridgehead atoms.